The van der Waals surface area contributed by atoms with Crippen molar-refractivity contribution in [3.8, 4) is 5.69 Å². The molecule has 0 bridgehead atoms. The van der Waals surface area contributed by atoms with E-state index >= 15 is 0 Å². The molecule has 0 aliphatic rings. The van der Waals surface area contributed by atoms with Crippen LogP contribution in [0, 0.1) is 13.8 Å². The van der Waals surface area contributed by atoms with Gasteiger partial charge in [-0.1, -0.05) is 24.3 Å². The van der Waals surface area contributed by atoms with Gasteiger partial charge < -0.3 is 4.90 Å². The molecule has 0 aliphatic heterocycles. The second-order valence-corrected chi connectivity index (χ2v) is 9.18. The third-order valence-corrected chi connectivity index (χ3v) is 6.94. The average molecular weight is 457 g/mol. The highest BCUT2D eigenvalue weighted by molar-refractivity contribution is 7.92. The summed E-state index contributed by atoms with van der Waals surface area (Å²) in [5.41, 5.74) is 1.58. The van der Waals surface area contributed by atoms with Crippen LogP contribution in [0.5, 0.6) is 0 Å². The molecule has 3 rings (SSSR count). The first-order valence-electron chi connectivity index (χ1n) is 10.4. The van der Waals surface area contributed by atoms with Gasteiger partial charge in [0, 0.05) is 25.7 Å². The Labute approximate surface area is 188 Å². The smallest absolute Gasteiger partial charge is 0.296 e. The summed E-state index contributed by atoms with van der Waals surface area (Å²) in [6, 6.07) is 13.4. The highest BCUT2D eigenvalue weighted by Crippen LogP contribution is 2.22. The second-order valence-electron chi connectivity index (χ2n) is 7.50. The van der Waals surface area contributed by atoms with Gasteiger partial charge in [-0.3, -0.25) is 19.0 Å². The number of nitrogens with zero attached hydrogens (tertiary/aromatic N) is 3. The lowest BCUT2D eigenvalue weighted by atomic mass is 10.1. The van der Waals surface area contributed by atoms with E-state index in [-0.39, 0.29) is 16.5 Å². The zero-order chi connectivity index (χ0) is 23.6. The quantitative estimate of drug-likeness (QED) is 0.591. The number of amides is 1. The molecule has 0 saturated heterocycles. The molecule has 2 aromatic carbocycles. The van der Waals surface area contributed by atoms with E-state index in [1.165, 1.54) is 16.8 Å². The number of hydrogen-bond donors (Lipinski definition) is 1. The van der Waals surface area contributed by atoms with E-state index in [2.05, 4.69) is 4.72 Å². The molecule has 0 radical (unpaired) electrons. The Morgan fingerprint density at radius 1 is 1.03 bits per heavy atom. The molecule has 0 aliphatic carbocycles. The fraction of sp³-hybridized carbons (Fsp3) is 0.304. The number of nitrogens with one attached hydrogen (secondary N) is 1. The number of aromatic nitrogens is 2. The van der Waals surface area contributed by atoms with E-state index in [1.807, 2.05) is 19.9 Å². The third-order valence-electron chi connectivity index (χ3n) is 5.59. The minimum Gasteiger partial charge on any atom is -0.339 e. The molecule has 0 unspecified atom stereocenters. The number of rotatable bonds is 7. The molecule has 8 nitrogen and oxygen atoms in total. The van der Waals surface area contributed by atoms with E-state index in [9.17, 15) is 18.0 Å². The molecule has 9 heteroatoms. The topological polar surface area (TPSA) is 93.4 Å². The van der Waals surface area contributed by atoms with E-state index in [0.29, 0.717) is 35.6 Å². The van der Waals surface area contributed by atoms with Crippen molar-refractivity contribution in [2.45, 2.75) is 32.6 Å². The number of carbonyl (C=O) groups is 1. The summed E-state index contributed by atoms with van der Waals surface area (Å²) in [7, 11) is -2.41. The Morgan fingerprint density at radius 2 is 1.66 bits per heavy atom. The van der Waals surface area contributed by atoms with E-state index in [0.717, 1.165) is 0 Å². The maximum absolute atomic E-state index is 13.2. The normalized spacial score (nSPS) is 11.4. The molecule has 0 saturated carbocycles. The summed E-state index contributed by atoms with van der Waals surface area (Å²) >= 11 is 0. The van der Waals surface area contributed by atoms with Crippen LogP contribution in [-0.2, 0) is 17.1 Å². The first-order valence-corrected chi connectivity index (χ1v) is 11.9. The van der Waals surface area contributed by atoms with Crippen molar-refractivity contribution in [1.29, 1.82) is 0 Å². The lowest BCUT2D eigenvalue weighted by molar-refractivity contribution is 0.0772. The molecule has 1 N–H and O–H groups in total. The Bertz CT molecular complexity index is 1300. The Balaban J connectivity index is 2.04. The molecular formula is C23H28N4O4S. The predicted octanol–water partition coefficient (Wildman–Crippen LogP) is 3.08. The third kappa shape index (κ3) is 4.20. The lowest BCUT2D eigenvalue weighted by Crippen LogP contribution is -2.31. The summed E-state index contributed by atoms with van der Waals surface area (Å²) < 4.78 is 31.8. The Hall–Kier alpha value is -3.33. The number of para-hydroxylation sites is 1. The van der Waals surface area contributed by atoms with Crippen LogP contribution >= 0.6 is 0 Å². The van der Waals surface area contributed by atoms with Crippen molar-refractivity contribution in [3.63, 3.8) is 0 Å². The second kappa shape index (κ2) is 9.04. The number of hydrogen-bond acceptors (Lipinski definition) is 4. The van der Waals surface area contributed by atoms with Crippen molar-refractivity contribution in [3.05, 3.63) is 75.7 Å². The minimum atomic E-state index is -4.10. The van der Waals surface area contributed by atoms with Gasteiger partial charge in [0.25, 0.3) is 21.5 Å². The summed E-state index contributed by atoms with van der Waals surface area (Å²) in [6.07, 6.45) is 0. The van der Waals surface area contributed by atoms with Gasteiger partial charge in [0.2, 0.25) is 0 Å². The minimum absolute atomic E-state index is 0.0338. The standard InChI is InChI=1S/C23H28N4O4S/c1-6-26(7-2)22(28)20-15-19(14-13-16(20)3)32(30,31)24-21-17(4)25(5)27(23(21)29)18-11-9-8-10-12-18/h8-15,24H,6-7H2,1-5H3. The number of benzene rings is 2. The zero-order valence-electron chi connectivity index (χ0n) is 18.9. The maximum Gasteiger partial charge on any atom is 0.296 e. The number of anilines is 1. The molecule has 170 valence electrons. The lowest BCUT2D eigenvalue weighted by Gasteiger charge is -2.20. The zero-order valence-corrected chi connectivity index (χ0v) is 19.7. The number of aryl methyl sites for hydroxylation is 1. The molecule has 0 fully saturated rings. The fourth-order valence-corrected chi connectivity index (χ4v) is 4.70. The van der Waals surface area contributed by atoms with Crippen molar-refractivity contribution in [2.75, 3.05) is 17.8 Å². The van der Waals surface area contributed by atoms with Crippen LogP contribution in [-0.4, -0.2) is 41.7 Å². The molecule has 0 spiro atoms. The molecule has 1 amide bonds. The van der Waals surface area contributed by atoms with Gasteiger partial charge in [0.05, 0.1) is 16.3 Å². The van der Waals surface area contributed by atoms with Crippen LogP contribution in [0.3, 0.4) is 0 Å². The first-order chi connectivity index (χ1) is 15.1. The monoisotopic (exact) mass is 456 g/mol. The van der Waals surface area contributed by atoms with Crippen molar-refractivity contribution >= 4 is 21.6 Å². The van der Waals surface area contributed by atoms with Crippen LogP contribution in [0.1, 0.15) is 35.5 Å². The van der Waals surface area contributed by atoms with E-state index in [4.69, 9.17) is 0 Å². The SMILES string of the molecule is CCN(CC)C(=O)c1cc(S(=O)(=O)Nc2c(C)n(C)n(-c3ccccc3)c2=O)ccc1C. The number of carbonyl (C=O) groups excluding carboxylic acids is 1. The average Bonchev–Trinajstić information content (AvgIpc) is 2.98. The Morgan fingerprint density at radius 3 is 2.25 bits per heavy atom. The van der Waals surface area contributed by atoms with Crippen molar-refractivity contribution in [2.24, 2.45) is 7.05 Å². The highest BCUT2D eigenvalue weighted by Gasteiger charge is 2.24. The summed E-state index contributed by atoms with van der Waals surface area (Å²) in [5.74, 6) is -0.230. The van der Waals surface area contributed by atoms with Gasteiger partial charge in [-0.2, -0.15) is 0 Å². The van der Waals surface area contributed by atoms with Crippen LogP contribution < -0.4 is 10.3 Å². The molecule has 32 heavy (non-hydrogen) atoms. The van der Waals surface area contributed by atoms with Crippen LogP contribution in [0.2, 0.25) is 0 Å². The summed E-state index contributed by atoms with van der Waals surface area (Å²) in [5, 5.41) is 0. The molecule has 3 aromatic rings. The first kappa shape index (κ1) is 23.3. The fourth-order valence-electron chi connectivity index (χ4n) is 3.56. The van der Waals surface area contributed by atoms with Gasteiger partial charge in [-0.15, -0.1) is 0 Å². The Kier molecular flexibility index (Phi) is 6.59. The molecular weight excluding hydrogens is 428 g/mol. The van der Waals surface area contributed by atoms with Crippen LogP contribution in [0.25, 0.3) is 5.69 Å². The van der Waals surface area contributed by atoms with Gasteiger partial charge in [-0.05, 0) is 57.5 Å². The predicted molar refractivity (Wildman–Crippen MR) is 125 cm³/mol. The molecule has 0 atom stereocenters. The van der Waals surface area contributed by atoms with Gasteiger partial charge >= 0.3 is 0 Å². The maximum atomic E-state index is 13.2. The van der Waals surface area contributed by atoms with Gasteiger partial charge in [-0.25, -0.2) is 13.1 Å². The van der Waals surface area contributed by atoms with Crippen LogP contribution in [0.4, 0.5) is 5.69 Å². The van der Waals surface area contributed by atoms with Crippen molar-refractivity contribution in [1.82, 2.24) is 14.3 Å². The largest absolute Gasteiger partial charge is 0.339 e. The molecule has 1 aromatic heterocycles. The van der Waals surface area contributed by atoms with Crippen LogP contribution in [0.15, 0.2) is 58.2 Å². The van der Waals surface area contributed by atoms with Gasteiger partial charge in [0.15, 0.2) is 0 Å². The summed E-state index contributed by atoms with van der Waals surface area (Å²) in [4.78, 5) is 27.5. The van der Waals surface area contributed by atoms with E-state index in [1.54, 1.807) is 60.8 Å². The van der Waals surface area contributed by atoms with Crippen molar-refractivity contribution < 1.29 is 13.2 Å². The summed E-state index contributed by atoms with van der Waals surface area (Å²) in [6.45, 7) is 8.21. The number of sulfonamides is 1. The molecule has 1 heterocycles. The highest BCUT2D eigenvalue weighted by atomic mass is 32.2. The van der Waals surface area contributed by atoms with Gasteiger partial charge in [0.1, 0.15) is 5.69 Å². The van der Waals surface area contributed by atoms with E-state index < -0.39 is 15.6 Å².